The number of aliphatic hydroxyl groups is 1. The molecule has 0 fully saturated rings. The van der Waals surface area contributed by atoms with Crippen molar-refractivity contribution in [1.29, 1.82) is 0 Å². The van der Waals surface area contributed by atoms with Crippen molar-refractivity contribution < 1.29 is 13.9 Å². The average molecular weight is 262 g/mol. The van der Waals surface area contributed by atoms with Gasteiger partial charge >= 0.3 is 0 Å². The van der Waals surface area contributed by atoms with E-state index in [9.17, 15) is 13.9 Å². The molecule has 0 radical (unpaired) electrons. The van der Waals surface area contributed by atoms with Gasteiger partial charge in [-0.25, -0.2) is 8.78 Å². The predicted molar refractivity (Wildman–Crippen MR) is 70.9 cm³/mol. The zero-order valence-corrected chi connectivity index (χ0v) is 11.2. The number of benzene rings is 2. The minimum absolute atomic E-state index is 0.0595. The highest BCUT2D eigenvalue weighted by Crippen LogP contribution is 2.32. The van der Waals surface area contributed by atoms with Crippen LogP contribution in [-0.4, -0.2) is 5.11 Å². The van der Waals surface area contributed by atoms with E-state index in [4.69, 9.17) is 0 Å². The summed E-state index contributed by atoms with van der Waals surface area (Å²) in [5.74, 6) is -1.19. The van der Waals surface area contributed by atoms with Crippen molar-refractivity contribution >= 4 is 0 Å². The molecule has 0 aliphatic heterocycles. The van der Waals surface area contributed by atoms with E-state index in [2.05, 4.69) is 0 Å². The first-order valence-corrected chi connectivity index (χ1v) is 6.08. The first-order valence-electron chi connectivity index (χ1n) is 6.08. The molecule has 1 atom stereocenters. The molecule has 0 spiro atoms. The van der Waals surface area contributed by atoms with Crippen molar-refractivity contribution in [2.24, 2.45) is 0 Å². The van der Waals surface area contributed by atoms with Crippen LogP contribution in [-0.2, 0) is 5.60 Å². The summed E-state index contributed by atoms with van der Waals surface area (Å²) in [6.07, 6.45) is 0. The number of rotatable bonds is 2. The zero-order valence-electron chi connectivity index (χ0n) is 11.2. The Morgan fingerprint density at radius 3 is 2.26 bits per heavy atom. The molecule has 0 aliphatic carbocycles. The Hall–Kier alpha value is -1.74. The normalized spacial score (nSPS) is 14.2. The predicted octanol–water partition coefficient (Wildman–Crippen LogP) is 3.84. The van der Waals surface area contributed by atoms with Gasteiger partial charge in [-0.15, -0.1) is 0 Å². The minimum atomic E-state index is -1.56. The largest absolute Gasteiger partial charge is 0.381 e. The Balaban J connectivity index is 2.57. The Morgan fingerprint density at radius 2 is 1.63 bits per heavy atom. The van der Waals surface area contributed by atoms with Crippen molar-refractivity contribution in [2.45, 2.75) is 26.4 Å². The lowest BCUT2D eigenvalue weighted by atomic mass is 9.86. The van der Waals surface area contributed by atoms with Crippen molar-refractivity contribution in [3.8, 4) is 0 Å². The van der Waals surface area contributed by atoms with Crippen LogP contribution >= 0.6 is 0 Å². The van der Waals surface area contributed by atoms with Crippen LogP contribution in [0.25, 0.3) is 0 Å². The van der Waals surface area contributed by atoms with Gasteiger partial charge in [0.1, 0.15) is 17.2 Å². The van der Waals surface area contributed by atoms with E-state index in [-0.39, 0.29) is 5.56 Å². The van der Waals surface area contributed by atoms with Crippen LogP contribution in [0.15, 0.2) is 36.4 Å². The topological polar surface area (TPSA) is 20.2 Å². The molecular weight excluding hydrogens is 246 g/mol. The molecule has 2 aromatic carbocycles. The van der Waals surface area contributed by atoms with Crippen molar-refractivity contribution in [1.82, 2.24) is 0 Å². The molecule has 0 saturated heterocycles. The first kappa shape index (κ1) is 13.7. The molecule has 1 unspecified atom stereocenters. The second-order valence-corrected chi connectivity index (χ2v) is 5.00. The molecule has 2 aromatic rings. The third-order valence-corrected chi connectivity index (χ3v) is 3.52. The lowest BCUT2D eigenvalue weighted by Gasteiger charge is -2.25. The van der Waals surface area contributed by atoms with Crippen LogP contribution in [0, 0.1) is 25.5 Å². The van der Waals surface area contributed by atoms with E-state index < -0.39 is 17.2 Å². The van der Waals surface area contributed by atoms with E-state index in [0.717, 1.165) is 29.3 Å². The minimum Gasteiger partial charge on any atom is -0.381 e. The molecule has 100 valence electrons. The van der Waals surface area contributed by atoms with Gasteiger partial charge in [0.2, 0.25) is 0 Å². The van der Waals surface area contributed by atoms with E-state index in [1.807, 2.05) is 19.9 Å². The third-order valence-electron chi connectivity index (χ3n) is 3.52. The van der Waals surface area contributed by atoms with Gasteiger partial charge in [-0.1, -0.05) is 18.2 Å². The fourth-order valence-corrected chi connectivity index (χ4v) is 2.07. The quantitative estimate of drug-likeness (QED) is 0.872. The Kier molecular flexibility index (Phi) is 3.42. The van der Waals surface area contributed by atoms with Crippen LogP contribution in [0.5, 0.6) is 0 Å². The molecule has 0 aromatic heterocycles. The number of hydrogen-bond donors (Lipinski definition) is 1. The second-order valence-electron chi connectivity index (χ2n) is 5.00. The fraction of sp³-hybridized carbons (Fsp3) is 0.250. The van der Waals surface area contributed by atoms with Gasteiger partial charge in [0, 0.05) is 5.56 Å². The van der Waals surface area contributed by atoms with Crippen LogP contribution in [0.4, 0.5) is 8.78 Å². The summed E-state index contributed by atoms with van der Waals surface area (Å²) in [6.45, 7) is 5.34. The first-order chi connectivity index (χ1) is 8.82. The summed E-state index contributed by atoms with van der Waals surface area (Å²) in [4.78, 5) is 0. The Bertz CT molecular complexity index is 618. The van der Waals surface area contributed by atoms with Gasteiger partial charge in [0.05, 0.1) is 0 Å². The van der Waals surface area contributed by atoms with E-state index in [1.165, 1.54) is 6.92 Å². The van der Waals surface area contributed by atoms with Gasteiger partial charge in [0.25, 0.3) is 0 Å². The summed E-state index contributed by atoms with van der Waals surface area (Å²) < 4.78 is 27.1. The zero-order chi connectivity index (χ0) is 14.2. The molecule has 0 saturated carbocycles. The molecule has 0 aliphatic rings. The van der Waals surface area contributed by atoms with E-state index in [0.29, 0.717) is 5.56 Å². The Morgan fingerprint density at radius 1 is 0.947 bits per heavy atom. The molecule has 0 bridgehead atoms. The third kappa shape index (κ3) is 2.51. The smallest absolute Gasteiger partial charge is 0.129 e. The Labute approximate surface area is 111 Å². The molecular formula is C16H16F2O. The summed E-state index contributed by atoms with van der Waals surface area (Å²) in [5, 5.41) is 10.6. The van der Waals surface area contributed by atoms with Crippen molar-refractivity contribution in [2.75, 3.05) is 0 Å². The van der Waals surface area contributed by atoms with Gasteiger partial charge in [-0.2, -0.15) is 0 Å². The van der Waals surface area contributed by atoms with E-state index in [1.54, 1.807) is 12.1 Å². The molecule has 0 heterocycles. The summed E-state index contributed by atoms with van der Waals surface area (Å²) in [5.41, 5.74) is 0.995. The maximum Gasteiger partial charge on any atom is 0.129 e. The summed E-state index contributed by atoms with van der Waals surface area (Å²) in [7, 11) is 0. The maximum atomic E-state index is 13.8. The molecule has 0 amide bonds. The van der Waals surface area contributed by atoms with E-state index >= 15 is 0 Å². The monoisotopic (exact) mass is 262 g/mol. The molecule has 3 heteroatoms. The number of hydrogen-bond acceptors (Lipinski definition) is 1. The van der Waals surface area contributed by atoms with Crippen LogP contribution in [0.2, 0.25) is 0 Å². The number of aryl methyl sites for hydroxylation is 2. The van der Waals surface area contributed by atoms with Gasteiger partial charge in [-0.3, -0.25) is 0 Å². The summed E-state index contributed by atoms with van der Waals surface area (Å²) in [6, 6.07) is 8.47. The molecule has 19 heavy (non-hydrogen) atoms. The van der Waals surface area contributed by atoms with Gasteiger partial charge < -0.3 is 5.11 Å². The van der Waals surface area contributed by atoms with Crippen LogP contribution in [0.1, 0.15) is 29.2 Å². The van der Waals surface area contributed by atoms with Gasteiger partial charge in [-0.05, 0) is 55.7 Å². The van der Waals surface area contributed by atoms with Crippen LogP contribution < -0.4 is 0 Å². The lowest BCUT2D eigenvalue weighted by molar-refractivity contribution is 0.0974. The van der Waals surface area contributed by atoms with Gasteiger partial charge in [0.15, 0.2) is 0 Å². The highest BCUT2D eigenvalue weighted by molar-refractivity contribution is 5.40. The number of halogens is 2. The second kappa shape index (κ2) is 4.74. The molecule has 1 nitrogen and oxygen atoms in total. The summed E-state index contributed by atoms with van der Waals surface area (Å²) >= 11 is 0. The molecule has 2 rings (SSSR count). The highest BCUT2D eigenvalue weighted by Gasteiger charge is 2.29. The average Bonchev–Trinajstić information content (AvgIpc) is 2.35. The fourth-order valence-electron chi connectivity index (χ4n) is 2.07. The van der Waals surface area contributed by atoms with Crippen LogP contribution in [0.3, 0.4) is 0 Å². The SMILES string of the molecule is Cc1ccc(C(C)(O)c2cc(F)ccc2F)cc1C. The molecule has 1 N–H and O–H groups in total. The lowest BCUT2D eigenvalue weighted by Crippen LogP contribution is -2.24. The van der Waals surface area contributed by atoms with Crippen molar-refractivity contribution in [3.63, 3.8) is 0 Å². The highest BCUT2D eigenvalue weighted by atomic mass is 19.1. The standard InChI is InChI=1S/C16H16F2O/c1-10-4-5-12(8-11(10)2)16(3,19)14-9-13(17)6-7-15(14)18/h4-9,19H,1-3H3. The van der Waals surface area contributed by atoms with Crippen molar-refractivity contribution in [3.05, 3.63) is 70.3 Å². The maximum absolute atomic E-state index is 13.8.